The van der Waals surface area contributed by atoms with E-state index in [4.69, 9.17) is 4.74 Å². The lowest BCUT2D eigenvalue weighted by molar-refractivity contribution is 0.122. The number of aromatic nitrogens is 2. The van der Waals surface area contributed by atoms with E-state index in [1.807, 2.05) is 25.1 Å². The number of hydrogen-bond donors (Lipinski definition) is 0. The molecule has 3 aromatic rings. The van der Waals surface area contributed by atoms with Crippen molar-refractivity contribution in [3.05, 3.63) is 41.5 Å². The van der Waals surface area contributed by atoms with E-state index < -0.39 is 0 Å². The van der Waals surface area contributed by atoms with Gasteiger partial charge in [0.05, 0.1) is 29.8 Å². The lowest BCUT2D eigenvalue weighted by Crippen LogP contribution is -2.37. The highest BCUT2D eigenvalue weighted by Crippen LogP contribution is 2.28. The molecule has 0 amide bonds. The molecule has 0 aliphatic carbocycles. The van der Waals surface area contributed by atoms with Gasteiger partial charge in [0.15, 0.2) is 5.65 Å². The molecule has 0 radical (unpaired) electrons. The second-order valence-electron chi connectivity index (χ2n) is 5.53. The van der Waals surface area contributed by atoms with Gasteiger partial charge in [0.1, 0.15) is 11.9 Å². The average molecular weight is 292 g/mol. The molecule has 5 nitrogen and oxygen atoms in total. The number of fused-ring (bicyclic) bond motifs is 3. The van der Waals surface area contributed by atoms with Crippen LogP contribution in [0.3, 0.4) is 0 Å². The Bertz CT molecular complexity index is 900. The van der Waals surface area contributed by atoms with E-state index in [0.717, 1.165) is 54.4 Å². The van der Waals surface area contributed by atoms with Gasteiger partial charge < -0.3 is 9.64 Å². The Morgan fingerprint density at radius 1 is 1.23 bits per heavy atom. The van der Waals surface area contributed by atoms with Crippen LogP contribution in [0.4, 0.5) is 5.82 Å². The van der Waals surface area contributed by atoms with Crippen LogP contribution in [0.15, 0.2) is 30.3 Å². The Balaban J connectivity index is 2.09. The Kier molecular flexibility index (Phi) is 2.98. The zero-order valence-corrected chi connectivity index (χ0v) is 12.4. The molecule has 22 heavy (non-hydrogen) atoms. The van der Waals surface area contributed by atoms with Crippen molar-refractivity contribution >= 4 is 22.5 Å². The molecule has 110 valence electrons. The maximum Gasteiger partial charge on any atom is 0.157 e. The van der Waals surface area contributed by atoms with E-state index in [0.29, 0.717) is 5.56 Å². The molecule has 1 aliphatic heterocycles. The van der Waals surface area contributed by atoms with Crippen LogP contribution in [0, 0.1) is 18.3 Å². The molecular formula is C17H16N4O. The Morgan fingerprint density at radius 2 is 2.00 bits per heavy atom. The average Bonchev–Trinajstić information content (AvgIpc) is 2.94. The van der Waals surface area contributed by atoms with Gasteiger partial charge in [-0.25, -0.2) is 4.98 Å². The molecule has 4 rings (SSSR count). The van der Waals surface area contributed by atoms with Gasteiger partial charge in [-0.2, -0.15) is 5.26 Å². The van der Waals surface area contributed by atoms with Crippen LogP contribution in [-0.2, 0) is 4.74 Å². The fourth-order valence-corrected chi connectivity index (χ4v) is 3.10. The van der Waals surface area contributed by atoms with Gasteiger partial charge in [-0.05, 0) is 30.7 Å². The number of pyridine rings is 1. The zero-order chi connectivity index (χ0) is 15.1. The van der Waals surface area contributed by atoms with Gasteiger partial charge in [0.25, 0.3) is 0 Å². The number of rotatable bonds is 1. The summed E-state index contributed by atoms with van der Waals surface area (Å²) >= 11 is 0. The molecule has 0 atom stereocenters. The van der Waals surface area contributed by atoms with Crippen molar-refractivity contribution in [3.63, 3.8) is 0 Å². The van der Waals surface area contributed by atoms with Crippen LogP contribution in [0.25, 0.3) is 16.7 Å². The molecule has 1 aromatic carbocycles. The van der Waals surface area contributed by atoms with Gasteiger partial charge in [-0.3, -0.25) is 4.40 Å². The van der Waals surface area contributed by atoms with E-state index >= 15 is 0 Å². The first-order chi connectivity index (χ1) is 10.8. The minimum absolute atomic E-state index is 0.646. The maximum absolute atomic E-state index is 9.51. The van der Waals surface area contributed by atoms with Gasteiger partial charge in [0.2, 0.25) is 0 Å². The molecule has 0 unspecified atom stereocenters. The Hall–Kier alpha value is -2.58. The zero-order valence-electron chi connectivity index (χ0n) is 12.4. The lowest BCUT2D eigenvalue weighted by atomic mass is 10.1. The molecule has 1 saturated heterocycles. The summed E-state index contributed by atoms with van der Waals surface area (Å²) in [7, 11) is 0. The van der Waals surface area contributed by atoms with Crippen molar-refractivity contribution in [2.75, 3.05) is 31.2 Å². The van der Waals surface area contributed by atoms with E-state index in [-0.39, 0.29) is 0 Å². The summed E-state index contributed by atoms with van der Waals surface area (Å²) < 4.78 is 7.56. The molecule has 0 bridgehead atoms. The number of para-hydroxylation sites is 2. The van der Waals surface area contributed by atoms with Crippen molar-refractivity contribution in [2.24, 2.45) is 0 Å². The third kappa shape index (κ3) is 1.85. The molecule has 5 heteroatoms. The number of benzene rings is 1. The second-order valence-corrected chi connectivity index (χ2v) is 5.53. The number of nitrogens with zero attached hydrogens (tertiary/aromatic N) is 4. The molecule has 0 saturated carbocycles. The smallest absolute Gasteiger partial charge is 0.157 e. The molecule has 2 aromatic heterocycles. The number of imidazole rings is 1. The minimum atomic E-state index is 0.646. The standard InChI is InChI=1S/C17H16N4O/c1-12-10-16(20-6-8-22-9-7-20)21-15-5-3-2-4-14(15)19-17(21)13(12)11-18/h2-5,10H,6-9H2,1H3. The van der Waals surface area contributed by atoms with E-state index in [1.165, 1.54) is 0 Å². The topological polar surface area (TPSA) is 53.6 Å². The number of morpholine rings is 1. The first-order valence-corrected chi connectivity index (χ1v) is 7.43. The van der Waals surface area contributed by atoms with Gasteiger partial charge in [0, 0.05) is 13.1 Å². The second kappa shape index (κ2) is 5.00. The third-order valence-electron chi connectivity index (χ3n) is 4.20. The fraction of sp³-hybridized carbons (Fsp3) is 0.294. The quantitative estimate of drug-likeness (QED) is 0.691. The predicted octanol–water partition coefficient (Wildman–Crippen LogP) is 2.50. The van der Waals surface area contributed by atoms with Crippen LogP contribution in [-0.4, -0.2) is 35.7 Å². The van der Waals surface area contributed by atoms with E-state index in [2.05, 4.69) is 32.5 Å². The Morgan fingerprint density at radius 3 is 2.77 bits per heavy atom. The summed E-state index contributed by atoms with van der Waals surface area (Å²) in [5.41, 5.74) is 4.31. The summed E-state index contributed by atoms with van der Waals surface area (Å²) in [5, 5.41) is 9.51. The largest absolute Gasteiger partial charge is 0.378 e. The molecule has 0 N–H and O–H groups in total. The van der Waals surface area contributed by atoms with Crippen LogP contribution < -0.4 is 4.90 Å². The van der Waals surface area contributed by atoms with Crippen LogP contribution in [0.1, 0.15) is 11.1 Å². The first-order valence-electron chi connectivity index (χ1n) is 7.43. The summed E-state index contributed by atoms with van der Waals surface area (Å²) in [6.07, 6.45) is 0. The van der Waals surface area contributed by atoms with Gasteiger partial charge >= 0.3 is 0 Å². The number of ether oxygens (including phenoxy) is 1. The summed E-state index contributed by atoms with van der Waals surface area (Å²) in [5.74, 6) is 1.09. The maximum atomic E-state index is 9.51. The SMILES string of the molecule is Cc1cc(N2CCOCC2)n2c(nc3ccccc32)c1C#N. The molecule has 1 fully saturated rings. The molecule has 0 spiro atoms. The van der Waals surface area contributed by atoms with E-state index in [9.17, 15) is 5.26 Å². The molecular weight excluding hydrogens is 276 g/mol. The first kappa shape index (κ1) is 13.1. The fourth-order valence-electron chi connectivity index (χ4n) is 3.10. The normalized spacial score (nSPS) is 15.4. The van der Waals surface area contributed by atoms with Crippen LogP contribution in [0.2, 0.25) is 0 Å². The number of hydrogen-bond acceptors (Lipinski definition) is 4. The van der Waals surface area contributed by atoms with Crippen molar-refractivity contribution in [3.8, 4) is 6.07 Å². The van der Waals surface area contributed by atoms with Crippen molar-refractivity contribution < 1.29 is 4.74 Å². The summed E-state index contributed by atoms with van der Waals surface area (Å²) in [6, 6.07) is 12.4. The van der Waals surface area contributed by atoms with E-state index in [1.54, 1.807) is 0 Å². The Labute approximate surface area is 128 Å². The summed E-state index contributed by atoms with van der Waals surface area (Å²) in [4.78, 5) is 6.99. The third-order valence-corrected chi connectivity index (χ3v) is 4.20. The number of aryl methyl sites for hydroxylation is 1. The molecule has 1 aliphatic rings. The summed E-state index contributed by atoms with van der Waals surface area (Å²) in [6.45, 7) is 5.14. The molecule has 3 heterocycles. The highest BCUT2D eigenvalue weighted by molar-refractivity contribution is 5.85. The number of anilines is 1. The minimum Gasteiger partial charge on any atom is -0.378 e. The van der Waals surface area contributed by atoms with Crippen molar-refractivity contribution in [1.82, 2.24) is 9.38 Å². The van der Waals surface area contributed by atoms with Gasteiger partial charge in [-0.15, -0.1) is 0 Å². The highest BCUT2D eigenvalue weighted by Gasteiger charge is 2.20. The lowest BCUT2D eigenvalue weighted by Gasteiger charge is -2.30. The van der Waals surface area contributed by atoms with Crippen molar-refractivity contribution in [1.29, 1.82) is 5.26 Å². The van der Waals surface area contributed by atoms with Crippen LogP contribution >= 0.6 is 0 Å². The van der Waals surface area contributed by atoms with Gasteiger partial charge in [-0.1, -0.05) is 12.1 Å². The van der Waals surface area contributed by atoms with Crippen molar-refractivity contribution in [2.45, 2.75) is 6.92 Å². The highest BCUT2D eigenvalue weighted by atomic mass is 16.5. The predicted molar refractivity (Wildman–Crippen MR) is 85.2 cm³/mol. The van der Waals surface area contributed by atoms with Crippen LogP contribution in [0.5, 0.6) is 0 Å². The number of nitriles is 1. The monoisotopic (exact) mass is 292 g/mol.